The quantitative estimate of drug-likeness (QED) is 0.163. The van der Waals surface area contributed by atoms with Gasteiger partial charge in [-0.1, -0.05) is 12.1 Å². The zero-order valence-electron chi connectivity index (χ0n) is 31.0. The lowest BCUT2D eigenvalue weighted by atomic mass is 9.78. The highest BCUT2D eigenvalue weighted by Crippen LogP contribution is 2.62. The number of nitrogens with zero attached hydrogens (tertiary/aromatic N) is 2. The van der Waals surface area contributed by atoms with Crippen molar-refractivity contribution in [2.75, 3.05) is 71.9 Å². The average molecular weight is 747 g/mol. The molecule has 5 aliphatic heterocycles. The Morgan fingerprint density at radius 1 is 1.11 bits per heavy atom. The summed E-state index contributed by atoms with van der Waals surface area (Å²) >= 11 is 1.84. The maximum atomic E-state index is 12.8. The first-order chi connectivity index (χ1) is 25.5. The Labute approximate surface area is 313 Å². The molecular weight excluding hydrogens is 699 g/mol. The fraction of sp³-hybridized carbons (Fsp3) is 0.487. The summed E-state index contributed by atoms with van der Waals surface area (Å²) in [6.07, 6.45) is 0.806. The Bertz CT molecular complexity index is 2010. The van der Waals surface area contributed by atoms with Gasteiger partial charge in [0, 0.05) is 60.3 Å². The summed E-state index contributed by atoms with van der Waals surface area (Å²) in [6, 6.07) is 7.64. The number of aromatic hydroxyl groups is 1. The van der Waals surface area contributed by atoms with E-state index in [9.17, 15) is 14.7 Å². The molecule has 6 atom stereocenters. The fourth-order valence-electron chi connectivity index (χ4n) is 9.50. The number of thioether (sulfide) groups is 1. The van der Waals surface area contributed by atoms with Gasteiger partial charge in [0.15, 0.2) is 23.0 Å². The first kappa shape index (κ1) is 35.8. The van der Waals surface area contributed by atoms with E-state index in [1.165, 1.54) is 18.1 Å². The molecule has 0 aliphatic carbocycles. The summed E-state index contributed by atoms with van der Waals surface area (Å²) in [5.74, 6) is 3.12. The highest BCUT2D eigenvalue weighted by molar-refractivity contribution is 7.99. The molecule has 0 saturated carbocycles. The molecule has 3 aromatic rings. The summed E-state index contributed by atoms with van der Waals surface area (Å²) in [4.78, 5) is 27.8. The predicted octanol–water partition coefficient (Wildman–Crippen LogP) is 4.18. The van der Waals surface area contributed by atoms with Gasteiger partial charge in [-0.2, -0.15) is 0 Å². The maximum Gasteiger partial charge on any atom is 0.308 e. The third-order valence-corrected chi connectivity index (χ3v) is 13.3. The van der Waals surface area contributed by atoms with Crippen molar-refractivity contribution in [3.63, 3.8) is 0 Å². The minimum absolute atomic E-state index is 0.0698. The molecule has 6 unspecified atom stereocenters. The minimum Gasteiger partial charge on any atom is -0.504 e. The number of nitrogens with one attached hydrogen (secondary N) is 2. The van der Waals surface area contributed by atoms with Crippen molar-refractivity contribution in [1.29, 1.82) is 0 Å². The van der Waals surface area contributed by atoms with Crippen LogP contribution in [0.2, 0.25) is 0 Å². The van der Waals surface area contributed by atoms with E-state index in [4.69, 9.17) is 29.4 Å². The van der Waals surface area contributed by atoms with Crippen molar-refractivity contribution in [3.8, 4) is 34.5 Å². The number of methoxy groups -OCH3 is 2. The van der Waals surface area contributed by atoms with Crippen LogP contribution >= 0.6 is 11.8 Å². The van der Waals surface area contributed by atoms with Crippen LogP contribution in [0, 0.1) is 13.8 Å². The lowest BCUT2D eigenvalue weighted by Crippen LogP contribution is -2.61. The Kier molecular flexibility index (Phi) is 9.17. The van der Waals surface area contributed by atoms with Gasteiger partial charge < -0.3 is 49.6 Å². The van der Waals surface area contributed by atoms with Gasteiger partial charge in [0.25, 0.3) is 0 Å². The van der Waals surface area contributed by atoms with Gasteiger partial charge in [-0.25, -0.2) is 0 Å². The van der Waals surface area contributed by atoms with E-state index in [2.05, 4.69) is 28.6 Å². The highest BCUT2D eigenvalue weighted by Gasteiger charge is 2.56. The molecule has 0 aromatic heterocycles. The molecule has 8 rings (SSSR count). The van der Waals surface area contributed by atoms with Crippen LogP contribution in [0.3, 0.4) is 0 Å². The number of piperazine rings is 1. The second-order valence-electron chi connectivity index (χ2n) is 14.9. The molecule has 53 heavy (non-hydrogen) atoms. The molecule has 1 saturated heterocycles. The van der Waals surface area contributed by atoms with Gasteiger partial charge in [-0.3, -0.25) is 14.5 Å². The van der Waals surface area contributed by atoms with Crippen LogP contribution in [0.25, 0.3) is 0 Å². The van der Waals surface area contributed by atoms with E-state index in [1.807, 2.05) is 43.8 Å². The summed E-state index contributed by atoms with van der Waals surface area (Å²) in [7, 11) is 5.54. The van der Waals surface area contributed by atoms with Crippen molar-refractivity contribution >= 4 is 29.3 Å². The molecular formula is C39H48N5O8S+. The molecule has 1 fully saturated rings. The second-order valence-corrected chi connectivity index (χ2v) is 16.1. The van der Waals surface area contributed by atoms with E-state index in [0.29, 0.717) is 35.2 Å². The van der Waals surface area contributed by atoms with Gasteiger partial charge in [0.05, 0.1) is 69.7 Å². The van der Waals surface area contributed by atoms with Crippen molar-refractivity contribution < 1.29 is 42.9 Å². The standard InChI is InChI=1S/C39H47N5O8S/c1-19-7-8-23(34(47)35(19)49-6)32-33-39-31-30(38-37(50-18-51-38)20(2)36(31)52-21(3)45)26(43(33)11-10-41-32)16-44(4)12-9-22-13-25(42-29(46)15-40)28(48-5)14-24(22)27(44)17-53-39/h7-8,13-14,26-27,32-33,39,41H,9-12,15-18,40H2,1-6H3,(H-,42,46,47)/p+1. The summed E-state index contributed by atoms with van der Waals surface area (Å²) < 4.78 is 30.9. The minimum atomic E-state index is -0.402. The summed E-state index contributed by atoms with van der Waals surface area (Å²) in [5, 5.41) is 18.2. The monoisotopic (exact) mass is 746 g/mol. The molecule has 13 nitrogen and oxygen atoms in total. The number of rotatable bonds is 6. The lowest BCUT2D eigenvalue weighted by molar-refractivity contribution is -0.941. The molecule has 14 heteroatoms. The SMILES string of the molecule is COc1cc2c(cc1NC(=O)CN)CC[N+]1(C)CC3c4c5c(c(C)c(OC(C)=O)c4C(SCC21)C1C(c2ccc(C)c(OC)c2O)NCCN31)OCO5. The van der Waals surface area contributed by atoms with E-state index in [-0.39, 0.29) is 54.4 Å². The summed E-state index contributed by atoms with van der Waals surface area (Å²) in [5.41, 5.74) is 13.0. The van der Waals surface area contributed by atoms with Crippen molar-refractivity contribution in [1.82, 2.24) is 10.2 Å². The van der Waals surface area contributed by atoms with Gasteiger partial charge in [-0.15, -0.1) is 11.8 Å². The number of phenols is 1. The largest absolute Gasteiger partial charge is 0.504 e. The number of anilines is 1. The number of carbonyl (C=O) groups is 2. The van der Waals surface area contributed by atoms with Crippen LogP contribution in [0.1, 0.15) is 69.2 Å². The number of quaternary nitrogens is 1. The number of amides is 1. The van der Waals surface area contributed by atoms with Crippen molar-refractivity contribution in [2.24, 2.45) is 5.73 Å². The number of esters is 1. The number of phenolic OH excluding ortho intramolecular Hbond substituents is 1. The van der Waals surface area contributed by atoms with E-state index in [0.717, 1.165) is 69.9 Å². The maximum absolute atomic E-state index is 12.8. The molecule has 0 spiro atoms. The Morgan fingerprint density at radius 2 is 1.91 bits per heavy atom. The zero-order chi connectivity index (χ0) is 37.3. The average Bonchev–Trinajstić information content (AvgIpc) is 3.66. The molecule has 5 aliphatic rings. The van der Waals surface area contributed by atoms with Gasteiger partial charge in [0.2, 0.25) is 12.7 Å². The zero-order valence-corrected chi connectivity index (χ0v) is 31.9. The fourth-order valence-corrected chi connectivity index (χ4v) is 11.3. The molecule has 1 amide bonds. The first-order valence-corrected chi connectivity index (χ1v) is 19.2. The molecule has 0 radical (unpaired) electrons. The van der Waals surface area contributed by atoms with Crippen molar-refractivity contribution in [3.05, 3.63) is 63.2 Å². The molecule has 5 heterocycles. The number of hydrogen-bond acceptors (Lipinski definition) is 12. The second kappa shape index (κ2) is 13.6. The van der Waals surface area contributed by atoms with Gasteiger partial charge in [0.1, 0.15) is 17.5 Å². The topological polar surface area (TPSA) is 154 Å². The molecule has 282 valence electrons. The molecule has 2 bridgehead atoms. The number of benzene rings is 3. The van der Waals surface area contributed by atoms with Crippen molar-refractivity contribution in [2.45, 2.75) is 56.6 Å². The number of likely N-dealkylation sites (N-methyl/N-ethyl adjacent to an activating group) is 1. The number of hydrogen-bond donors (Lipinski definition) is 4. The third-order valence-electron chi connectivity index (χ3n) is 12.0. The van der Waals surface area contributed by atoms with E-state index in [1.54, 1.807) is 14.2 Å². The van der Waals surface area contributed by atoms with Crippen LogP contribution in [-0.2, 0) is 16.0 Å². The predicted molar refractivity (Wildman–Crippen MR) is 200 cm³/mol. The Hall–Kier alpha value is -4.21. The smallest absolute Gasteiger partial charge is 0.308 e. The van der Waals surface area contributed by atoms with Crippen LogP contribution < -0.4 is 40.1 Å². The Morgan fingerprint density at radius 3 is 2.64 bits per heavy atom. The number of carbonyl (C=O) groups excluding carboxylic acids is 2. The Balaban J connectivity index is 1.34. The van der Waals surface area contributed by atoms with Crippen LogP contribution in [0.15, 0.2) is 24.3 Å². The lowest BCUT2D eigenvalue weighted by Gasteiger charge is -2.54. The number of nitrogens with two attached hydrogens (primary N) is 1. The molecule has 5 N–H and O–H groups in total. The third kappa shape index (κ3) is 5.68. The van der Waals surface area contributed by atoms with Crippen LogP contribution in [-0.4, -0.2) is 98.9 Å². The first-order valence-electron chi connectivity index (χ1n) is 18.2. The van der Waals surface area contributed by atoms with E-state index < -0.39 is 5.97 Å². The normalized spacial score (nSPS) is 26.9. The number of fused-ring (bicyclic) bond motifs is 7. The molecule has 3 aromatic carbocycles. The summed E-state index contributed by atoms with van der Waals surface area (Å²) in [6.45, 7) is 8.33. The van der Waals surface area contributed by atoms with Gasteiger partial charge in [-0.05, 0) is 37.1 Å². The number of ether oxygens (including phenoxy) is 5. The number of aryl methyl sites for hydroxylation is 1. The highest BCUT2D eigenvalue weighted by atomic mass is 32.2. The van der Waals surface area contributed by atoms with E-state index >= 15 is 0 Å². The van der Waals surface area contributed by atoms with Crippen LogP contribution in [0.4, 0.5) is 5.69 Å². The van der Waals surface area contributed by atoms with Gasteiger partial charge >= 0.3 is 5.97 Å². The van der Waals surface area contributed by atoms with Crippen LogP contribution in [0.5, 0.6) is 34.5 Å².